The molecule has 0 bridgehead atoms. The smallest absolute Gasteiger partial charge is 0.360 e. The highest BCUT2D eigenvalue weighted by Crippen LogP contribution is 2.25. The number of hydrogen-bond acceptors (Lipinski definition) is 8. The number of amidine groups is 2. The van der Waals surface area contributed by atoms with E-state index in [0.717, 1.165) is 16.7 Å². The van der Waals surface area contributed by atoms with Gasteiger partial charge in [-0.15, -0.1) is 0 Å². The summed E-state index contributed by atoms with van der Waals surface area (Å²) in [6, 6.07) is 1.15. The molecule has 1 atom stereocenters. The van der Waals surface area contributed by atoms with Gasteiger partial charge in [-0.1, -0.05) is 21.9 Å². The van der Waals surface area contributed by atoms with E-state index in [9.17, 15) is 14.4 Å². The molecule has 136 valence electrons. The Morgan fingerprint density at radius 1 is 1.38 bits per heavy atom. The number of urea groups is 1. The molecule has 2 aliphatic rings. The molecule has 4 amide bonds. The summed E-state index contributed by atoms with van der Waals surface area (Å²) in [4.78, 5) is 46.3. The number of thioether (sulfide) groups is 1. The molecular weight excluding hydrogens is 360 g/mol. The normalized spacial score (nSPS) is 20.0. The number of amides is 4. The van der Waals surface area contributed by atoms with Crippen molar-refractivity contribution in [2.75, 3.05) is 25.2 Å². The standard InChI is InChI=1S/C15H16N6O4S/c1-7-5-9(19-25-7)18-10(22)6-26-13-11-12(16-8(2)17-13)20(3)15(24)21(4)14(11)23/h5,11H,6H2,1-4H3/p+1. The molecule has 1 unspecified atom stereocenters. The van der Waals surface area contributed by atoms with Crippen LogP contribution in [-0.2, 0) is 9.59 Å². The Balaban J connectivity index is 1.77. The van der Waals surface area contributed by atoms with Crippen LogP contribution in [0.25, 0.3) is 0 Å². The quantitative estimate of drug-likeness (QED) is 0.776. The van der Waals surface area contributed by atoms with Gasteiger partial charge in [-0.25, -0.2) is 9.79 Å². The molecule has 0 fully saturated rings. The van der Waals surface area contributed by atoms with Crippen molar-refractivity contribution >= 4 is 52.1 Å². The third-order valence-electron chi connectivity index (χ3n) is 3.80. The monoisotopic (exact) mass is 377 g/mol. The summed E-state index contributed by atoms with van der Waals surface area (Å²) in [6.07, 6.45) is 0. The van der Waals surface area contributed by atoms with E-state index in [1.165, 1.54) is 11.6 Å². The first kappa shape index (κ1) is 18.0. The van der Waals surface area contributed by atoms with Crippen LogP contribution in [-0.4, -0.2) is 69.0 Å². The van der Waals surface area contributed by atoms with Gasteiger partial charge in [-0.3, -0.25) is 9.59 Å². The highest BCUT2D eigenvalue weighted by molar-refractivity contribution is 8.14. The number of aliphatic imine (C=N–C) groups is 2. The summed E-state index contributed by atoms with van der Waals surface area (Å²) in [7, 11) is 2.96. The third-order valence-corrected chi connectivity index (χ3v) is 4.82. The van der Waals surface area contributed by atoms with Gasteiger partial charge in [-0.2, -0.15) is 9.48 Å². The molecule has 0 saturated heterocycles. The van der Waals surface area contributed by atoms with E-state index in [2.05, 4.69) is 20.5 Å². The minimum absolute atomic E-state index is 0.0243. The van der Waals surface area contributed by atoms with Crippen LogP contribution in [0, 0.1) is 12.8 Å². The average Bonchev–Trinajstić information content (AvgIpc) is 3.00. The molecule has 0 aromatic carbocycles. The Morgan fingerprint density at radius 3 is 2.77 bits per heavy atom. The fourth-order valence-electron chi connectivity index (χ4n) is 2.54. The number of anilines is 1. The van der Waals surface area contributed by atoms with Crippen LogP contribution < -0.4 is 5.32 Å². The summed E-state index contributed by atoms with van der Waals surface area (Å²) < 4.78 is 6.21. The number of aryl methyl sites for hydroxylation is 1. The second kappa shape index (κ2) is 6.83. The van der Waals surface area contributed by atoms with Gasteiger partial charge >= 0.3 is 11.9 Å². The van der Waals surface area contributed by atoms with Crippen LogP contribution >= 0.6 is 11.8 Å². The zero-order valence-electron chi connectivity index (χ0n) is 14.6. The topological polar surface area (TPSA) is 120 Å². The van der Waals surface area contributed by atoms with E-state index < -0.39 is 17.9 Å². The first-order valence-electron chi connectivity index (χ1n) is 7.70. The van der Waals surface area contributed by atoms with Crippen LogP contribution in [0.1, 0.15) is 12.7 Å². The first-order valence-corrected chi connectivity index (χ1v) is 8.68. The number of nitrogens with one attached hydrogen (secondary N) is 1. The number of carbonyl (C=O) groups is 3. The zero-order valence-corrected chi connectivity index (χ0v) is 15.5. The Bertz CT molecular complexity index is 900. The zero-order chi connectivity index (χ0) is 19.0. The predicted molar refractivity (Wildman–Crippen MR) is 95.7 cm³/mol. The van der Waals surface area contributed by atoms with E-state index >= 15 is 0 Å². The van der Waals surface area contributed by atoms with Gasteiger partial charge in [0.1, 0.15) is 10.8 Å². The lowest BCUT2D eigenvalue weighted by atomic mass is 10.1. The minimum atomic E-state index is -0.793. The van der Waals surface area contributed by atoms with Crippen LogP contribution in [0.5, 0.6) is 0 Å². The maximum atomic E-state index is 12.5. The highest BCUT2D eigenvalue weighted by atomic mass is 32.2. The molecule has 10 nitrogen and oxygen atoms in total. The van der Waals surface area contributed by atoms with E-state index in [0.29, 0.717) is 28.3 Å². The number of imide groups is 1. The van der Waals surface area contributed by atoms with Crippen molar-refractivity contribution in [1.82, 2.24) is 10.1 Å². The summed E-state index contributed by atoms with van der Waals surface area (Å²) in [5.41, 5.74) is 0. The van der Waals surface area contributed by atoms with Crippen molar-refractivity contribution in [3.8, 4) is 0 Å². The molecule has 11 heteroatoms. The average molecular weight is 377 g/mol. The van der Waals surface area contributed by atoms with Gasteiger partial charge < -0.3 is 9.84 Å². The maximum Gasteiger partial charge on any atom is 0.445 e. The molecular formula is C15H17N6O4S+. The highest BCUT2D eigenvalue weighted by Gasteiger charge is 2.48. The molecule has 26 heavy (non-hydrogen) atoms. The summed E-state index contributed by atoms with van der Waals surface area (Å²) in [5.74, 6) is 0.146. The minimum Gasteiger partial charge on any atom is -0.360 e. The van der Waals surface area contributed by atoms with Crippen molar-refractivity contribution in [3.05, 3.63) is 11.8 Å². The Morgan fingerprint density at radius 2 is 2.12 bits per heavy atom. The molecule has 0 aliphatic carbocycles. The fourth-order valence-corrected chi connectivity index (χ4v) is 3.47. The van der Waals surface area contributed by atoms with Crippen LogP contribution in [0.3, 0.4) is 0 Å². The van der Waals surface area contributed by atoms with Crippen molar-refractivity contribution in [1.29, 1.82) is 0 Å². The van der Waals surface area contributed by atoms with E-state index in [-0.39, 0.29) is 11.7 Å². The number of aromatic nitrogens is 1. The molecule has 0 spiro atoms. The Hall–Kier alpha value is -2.82. The molecule has 2 aliphatic heterocycles. The predicted octanol–water partition coefficient (Wildman–Crippen LogP) is 0.734. The Kier molecular flexibility index (Phi) is 4.72. The van der Waals surface area contributed by atoms with Gasteiger partial charge in [0.2, 0.25) is 11.7 Å². The summed E-state index contributed by atoms with van der Waals surface area (Å²) in [5, 5.41) is 6.72. The number of rotatable bonds is 3. The molecule has 0 saturated carbocycles. The lowest BCUT2D eigenvalue weighted by Gasteiger charge is -2.26. The first-order chi connectivity index (χ1) is 12.3. The fraction of sp³-hybridized carbons (Fsp3) is 0.400. The molecule has 1 N–H and O–H groups in total. The lowest BCUT2D eigenvalue weighted by molar-refractivity contribution is -0.407. The molecule has 3 rings (SSSR count). The van der Waals surface area contributed by atoms with Crippen LogP contribution in [0.2, 0.25) is 0 Å². The third kappa shape index (κ3) is 3.29. The van der Waals surface area contributed by atoms with Gasteiger partial charge in [-0.05, 0) is 6.92 Å². The van der Waals surface area contributed by atoms with Gasteiger partial charge in [0.05, 0.1) is 19.8 Å². The van der Waals surface area contributed by atoms with Crippen molar-refractivity contribution in [2.45, 2.75) is 13.8 Å². The van der Waals surface area contributed by atoms with Crippen LogP contribution in [0.4, 0.5) is 10.6 Å². The SMILES string of the molecule is CC1=NC2=[N+](C)C(=O)N(C)C(=O)C2C(SCC(=O)Nc2cc(C)on2)=N1. The second-order valence-corrected chi connectivity index (χ2v) is 6.79. The van der Waals surface area contributed by atoms with Crippen molar-refractivity contribution in [2.24, 2.45) is 15.9 Å². The summed E-state index contributed by atoms with van der Waals surface area (Å²) in [6.45, 7) is 3.39. The van der Waals surface area contributed by atoms with E-state index in [1.807, 2.05) is 0 Å². The van der Waals surface area contributed by atoms with Gasteiger partial charge in [0.25, 0.3) is 5.84 Å². The molecule has 1 aromatic heterocycles. The van der Waals surface area contributed by atoms with Crippen LogP contribution in [0.15, 0.2) is 20.6 Å². The number of hydrogen-bond donors (Lipinski definition) is 1. The second-order valence-electron chi connectivity index (χ2n) is 5.80. The summed E-state index contributed by atoms with van der Waals surface area (Å²) >= 11 is 1.12. The number of nitrogens with zero attached hydrogens (tertiary/aromatic N) is 5. The van der Waals surface area contributed by atoms with Crippen molar-refractivity contribution in [3.63, 3.8) is 0 Å². The largest absolute Gasteiger partial charge is 0.445 e. The Labute approximate surface area is 153 Å². The number of carbonyl (C=O) groups excluding carboxylic acids is 3. The van der Waals surface area contributed by atoms with Crippen molar-refractivity contribution < 1.29 is 23.5 Å². The maximum absolute atomic E-state index is 12.5. The van der Waals surface area contributed by atoms with E-state index in [4.69, 9.17) is 4.52 Å². The van der Waals surface area contributed by atoms with Gasteiger partial charge in [0, 0.05) is 13.0 Å². The van der Waals surface area contributed by atoms with E-state index in [1.54, 1.807) is 27.0 Å². The number of fused-ring (bicyclic) bond motifs is 1. The lowest BCUT2D eigenvalue weighted by Crippen LogP contribution is -2.54. The van der Waals surface area contributed by atoms with Gasteiger partial charge in [0.15, 0.2) is 11.7 Å². The molecule has 1 aromatic rings. The molecule has 3 heterocycles. The molecule has 0 radical (unpaired) electrons.